The molecule has 0 saturated carbocycles. The molecule has 0 aliphatic rings. The molecule has 0 amide bonds. The summed E-state index contributed by atoms with van der Waals surface area (Å²) in [6.45, 7) is 12.8. The molecule has 0 radical (unpaired) electrons. The topological polar surface area (TPSA) is 27.7 Å². The zero-order valence-electron chi connectivity index (χ0n) is 14.8. The summed E-state index contributed by atoms with van der Waals surface area (Å²) < 4.78 is 17.5. The first-order chi connectivity index (χ1) is 10.1. The third-order valence-electron chi connectivity index (χ3n) is 2.40. The second-order valence-electron chi connectivity index (χ2n) is 7.05. The van der Waals surface area contributed by atoms with Crippen molar-refractivity contribution >= 4 is 22.7 Å². The van der Waals surface area contributed by atoms with Crippen molar-refractivity contribution in [2.75, 3.05) is 7.11 Å². The van der Waals surface area contributed by atoms with E-state index in [-0.39, 0.29) is 0 Å². The molecule has 0 fully saturated rings. The molecule has 0 bridgehead atoms. The highest BCUT2D eigenvalue weighted by Crippen LogP contribution is 2.19. The van der Waals surface area contributed by atoms with Gasteiger partial charge in [-0.3, -0.25) is 0 Å². The fraction of sp³-hybridized carbons (Fsp3) is 0.412. The largest absolute Gasteiger partial charge is 0.544 e. The maximum atomic E-state index is 6.17. The molecule has 1 rings (SSSR count). The molecule has 0 aromatic heterocycles. The van der Waals surface area contributed by atoms with E-state index in [1.165, 1.54) is 0 Å². The number of hydrogen-bond acceptors (Lipinski definition) is 3. The molecule has 1 aromatic rings. The van der Waals surface area contributed by atoms with Crippen LogP contribution in [-0.4, -0.2) is 23.7 Å². The molecular formula is C17H28O3Si2. The van der Waals surface area contributed by atoms with Crippen LogP contribution < -0.4 is 0 Å². The van der Waals surface area contributed by atoms with E-state index in [0.29, 0.717) is 5.95 Å². The average Bonchev–Trinajstić information content (AvgIpc) is 2.35. The quantitative estimate of drug-likeness (QED) is 0.388. The van der Waals surface area contributed by atoms with Gasteiger partial charge in [-0.25, -0.2) is 0 Å². The molecule has 0 aliphatic heterocycles. The van der Waals surface area contributed by atoms with Crippen LogP contribution in [0, 0.1) is 0 Å². The molecule has 1 aromatic carbocycles. The highest BCUT2D eigenvalue weighted by atomic mass is 28.4. The van der Waals surface area contributed by atoms with Crippen LogP contribution >= 0.6 is 0 Å². The second kappa shape index (κ2) is 7.69. The number of rotatable bonds is 7. The molecule has 0 saturated heterocycles. The third kappa shape index (κ3) is 8.09. The Balaban J connectivity index is 3.12. The number of ether oxygens (including phenoxy) is 1. The Kier molecular flexibility index (Phi) is 6.50. The summed E-state index contributed by atoms with van der Waals surface area (Å²) in [4.78, 5) is 0. The summed E-state index contributed by atoms with van der Waals surface area (Å²) in [5.41, 5.74) is 1.09. The minimum absolute atomic E-state index is 0.514. The Morgan fingerprint density at radius 1 is 0.864 bits per heavy atom. The summed E-state index contributed by atoms with van der Waals surface area (Å²) in [6.07, 6.45) is 3.87. The lowest BCUT2D eigenvalue weighted by Crippen LogP contribution is -2.26. The minimum atomic E-state index is -1.73. The molecule has 22 heavy (non-hydrogen) atoms. The monoisotopic (exact) mass is 336 g/mol. The van der Waals surface area contributed by atoms with Gasteiger partial charge in [-0.05, 0) is 50.9 Å². The van der Waals surface area contributed by atoms with Gasteiger partial charge in [-0.2, -0.15) is 0 Å². The first-order valence-corrected chi connectivity index (χ1v) is 14.3. The van der Waals surface area contributed by atoms with Crippen LogP contribution in [0.2, 0.25) is 39.3 Å². The Morgan fingerprint density at radius 2 is 1.41 bits per heavy atom. The number of hydrogen-bond donors (Lipinski definition) is 0. The lowest BCUT2D eigenvalue weighted by molar-refractivity contribution is 0.145. The van der Waals surface area contributed by atoms with Crippen molar-refractivity contribution in [2.45, 2.75) is 39.3 Å². The van der Waals surface area contributed by atoms with Gasteiger partial charge in [0.05, 0.1) is 13.2 Å². The van der Waals surface area contributed by atoms with Crippen molar-refractivity contribution in [3.8, 4) is 0 Å². The molecule has 5 heteroatoms. The lowest BCUT2D eigenvalue weighted by atomic mass is 10.2. The Morgan fingerprint density at radius 3 is 1.86 bits per heavy atom. The van der Waals surface area contributed by atoms with Crippen molar-refractivity contribution in [1.29, 1.82) is 0 Å². The van der Waals surface area contributed by atoms with Crippen LogP contribution in [0.15, 0.2) is 48.1 Å². The van der Waals surface area contributed by atoms with Crippen LogP contribution in [0.3, 0.4) is 0 Å². The van der Waals surface area contributed by atoms with Crippen molar-refractivity contribution < 1.29 is 13.6 Å². The van der Waals surface area contributed by atoms with Crippen LogP contribution in [0.1, 0.15) is 5.56 Å². The average molecular weight is 337 g/mol. The number of allylic oxidation sites excluding steroid dienone is 1. The normalized spacial score (nSPS) is 13.8. The molecule has 3 nitrogen and oxygen atoms in total. The van der Waals surface area contributed by atoms with Crippen molar-refractivity contribution in [1.82, 2.24) is 0 Å². The van der Waals surface area contributed by atoms with E-state index in [2.05, 4.69) is 39.3 Å². The Bertz CT molecular complexity index is 523. The third-order valence-corrected chi connectivity index (χ3v) is 4.06. The molecule has 0 spiro atoms. The summed E-state index contributed by atoms with van der Waals surface area (Å²) in [5.74, 6) is 1.29. The van der Waals surface area contributed by atoms with Crippen molar-refractivity contribution in [3.05, 3.63) is 53.7 Å². The van der Waals surface area contributed by atoms with Crippen LogP contribution in [-0.2, 0) is 13.6 Å². The second-order valence-corrected chi connectivity index (χ2v) is 15.9. The molecule has 122 valence electrons. The maximum Gasteiger partial charge on any atom is 0.268 e. The first kappa shape index (κ1) is 18.6. The van der Waals surface area contributed by atoms with Crippen molar-refractivity contribution in [3.63, 3.8) is 0 Å². The number of benzene rings is 1. The summed E-state index contributed by atoms with van der Waals surface area (Å²) >= 11 is 0. The van der Waals surface area contributed by atoms with E-state index < -0.39 is 16.6 Å². The highest BCUT2D eigenvalue weighted by molar-refractivity contribution is 6.70. The first-order valence-electron chi connectivity index (χ1n) is 7.49. The Hall–Kier alpha value is -1.47. The molecule has 0 heterocycles. The predicted octanol–water partition coefficient (Wildman–Crippen LogP) is 5.22. The standard InChI is InChI=1S/C17H28O3Si2/c1-18-17(20-22(5,6)7)14-16(19-21(2,3)4)13-15-11-9-8-10-12-15/h8-14H,1-7H3/b16-13+,17-14+. The minimum Gasteiger partial charge on any atom is -0.544 e. The molecule has 0 N–H and O–H groups in total. The molecular weight excluding hydrogens is 308 g/mol. The SMILES string of the molecule is CO/C(=C\C(=C/c1ccccc1)O[Si](C)(C)C)O[Si](C)(C)C. The fourth-order valence-electron chi connectivity index (χ4n) is 1.72. The summed E-state index contributed by atoms with van der Waals surface area (Å²) in [6, 6.07) is 10.1. The van der Waals surface area contributed by atoms with Gasteiger partial charge in [0.2, 0.25) is 16.6 Å². The van der Waals surface area contributed by atoms with E-state index >= 15 is 0 Å². The van der Waals surface area contributed by atoms with Gasteiger partial charge >= 0.3 is 0 Å². The van der Waals surface area contributed by atoms with Crippen LogP contribution in [0.25, 0.3) is 6.08 Å². The molecule has 0 unspecified atom stereocenters. The molecule has 0 aliphatic carbocycles. The van der Waals surface area contributed by atoms with Crippen molar-refractivity contribution in [2.24, 2.45) is 0 Å². The van der Waals surface area contributed by atoms with Gasteiger partial charge in [0.15, 0.2) is 0 Å². The smallest absolute Gasteiger partial charge is 0.268 e. The van der Waals surface area contributed by atoms with Gasteiger partial charge in [-0.1, -0.05) is 30.3 Å². The van der Waals surface area contributed by atoms with Gasteiger partial charge in [0.25, 0.3) is 5.95 Å². The van der Waals surface area contributed by atoms with E-state index in [9.17, 15) is 0 Å². The zero-order valence-corrected chi connectivity index (χ0v) is 16.8. The summed E-state index contributed by atoms with van der Waals surface area (Å²) in [5, 5.41) is 0. The predicted molar refractivity (Wildman–Crippen MR) is 98.4 cm³/mol. The highest BCUT2D eigenvalue weighted by Gasteiger charge is 2.21. The van der Waals surface area contributed by atoms with E-state index in [1.54, 1.807) is 7.11 Å². The Labute approximate surface area is 136 Å². The van der Waals surface area contributed by atoms with Gasteiger partial charge in [-0.15, -0.1) is 0 Å². The van der Waals surface area contributed by atoms with E-state index in [1.807, 2.05) is 42.5 Å². The maximum absolute atomic E-state index is 6.17. The van der Waals surface area contributed by atoms with E-state index in [0.717, 1.165) is 11.3 Å². The molecule has 0 atom stereocenters. The van der Waals surface area contributed by atoms with Crippen LogP contribution in [0.5, 0.6) is 0 Å². The van der Waals surface area contributed by atoms with Gasteiger partial charge < -0.3 is 13.6 Å². The zero-order chi connectivity index (χ0) is 16.8. The van der Waals surface area contributed by atoms with Crippen LogP contribution in [0.4, 0.5) is 0 Å². The number of methoxy groups -OCH3 is 1. The lowest BCUT2D eigenvalue weighted by Gasteiger charge is -2.23. The fourth-order valence-corrected chi connectivity index (χ4v) is 3.29. The van der Waals surface area contributed by atoms with E-state index in [4.69, 9.17) is 13.6 Å². The summed E-state index contributed by atoms with van der Waals surface area (Å²) in [7, 11) is -1.82. The van der Waals surface area contributed by atoms with Gasteiger partial charge in [0.1, 0.15) is 5.76 Å². The van der Waals surface area contributed by atoms with Gasteiger partial charge in [0, 0.05) is 0 Å².